The summed E-state index contributed by atoms with van der Waals surface area (Å²) in [6, 6.07) is 4.26. The maximum absolute atomic E-state index is 12.8. The Kier molecular flexibility index (Phi) is 7.70. The number of carbonyl (C=O) groups is 2. The van der Waals surface area contributed by atoms with E-state index in [0.717, 1.165) is 24.3 Å². The highest BCUT2D eigenvalue weighted by Gasteiger charge is 2.11. The van der Waals surface area contributed by atoms with Crippen LogP contribution in [0.3, 0.4) is 0 Å². The van der Waals surface area contributed by atoms with E-state index in [1.165, 1.54) is 0 Å². The van der Waals surface area contributed by atoms with Crippen molar-refractivity contribution in [1.82, 2.24) is 0 Å². The fourth-order valence-corrected chi connectivity index (χ4v) is 2.43. The third kappa shape index (κ3) is 5.46. The number of hydrogen-bond donors (Lipinski definition) is 1. The molecule has 0 spiro atoms. The van der Waals surface area contributed by atoms with E-state index in [9.17, 15) is 18.4 Å². The molecule has 0 amide bonds. The molecule has 0 bridgehead atoms. The number of halogens is 7. The molecule has 2 aromatic rings. The van der Waals surface area contributed by atoms with Crippen LogP contribution in [0.15, 0.2) is 24.3 Å². The average Bonchev–Trinajstić information content (AvgIpc) is 2.49. The molecule has 0 radical (unpaired) electrons. The van der Waals surface area contributed by atoms with Crippen molar-refractivity contribution in [2.75, 3.05) is 0 Å². The van der Waals surface area contributed by atoms with Gasteiger partial charge in [-0.05, 0) is 35.9 Å². The highest BCUT2D eigenvalue weighted by atomic mass is 35.5. The zero-order valence-electron chi connectivity index (χ0n) is 11.2. The quantitative estimate of drug-likeness (QED) is 0.441. The Hall–Kier alpha value is -1.11. The molecule has 2 aromatic carbocycles. The molecule has 0 aliphatic rings. The molecule has 0 fully saturated rings. The van der Waals surface area contributed by atoms with Crippen molar-refractivity contribution in [2.24, 2.45) is 0 Å². The Morgan fingerprint density at radius 1 is 0.750 bits per heavy atom. The van der Waals surface area contributed by atoms with E-state index >= 15 is 0 Å². The molecule has 0 unspecified atom stereocenters. The first-order valence-corrected chi connectivity index (χ1v) is 7.65. The summed E-state index contributed by atoms with van der Waals surface area (Å²) in [7, 11) is 0. The second kappa shape index (κ2) is 8.83. The second-order valence-electron chi connectivity index (χ2n) is 4.09. The molecular weight excluding hydrogens is 431 g/mol. The first kappa shape index (κ1) is 20.9. The molecule has 2 rings (SSSR count). The van der Waals surface area contributed by atoms with Crippen LogP contribution in [-0.2, 0) is 0 Å². The van der Waals surface area contributed by atoms with Gasteiger partial charge < -0.3 is 5.11 Å². The maximum Gasteiger partial charge on any atom is 0.335 e. The fraction of sp³-hybridized carbons (Fsp3) is 0. The lowest BCUT2D eigenvalue weighted by atomic mass is 10.2. The molecule has 10 heteroatoms. The number of rotatable bonds is 2. The van der Waals surface area contributed by atoms with Crippen LogP contribution in [0, 0.1) is 11.6 Å². The van der Waals surface area contributed by atoms with E-state index < -0.39 is 22.8 Å². The standard InChI is InChI=1S/C7H2Cl3FO.C7H3Cl2FO2/c8-4-1-3(7(10)12)2-5(9)6(4)11;8-4-1-3(7(11)12)2-5(9)6(4)10/h1-2H;1-2H,(H,11,12). The zero-order valence-corrected chi connectivity index (χ0v) is 15.0. The van der Waals surface area contributed by atoms with Crippen molar-refractivity contribution in [1.29, 1.82) is 0 Å². The van der Waals surface area contributed by atoms with Crippen LogP contribution >= 0.6 is 58.0 Å². The number of benzene rings is 2. The van der Waals surface area contributed by atoms with Gasteiger partial charge in [-0.2, -0.15) is 0 Å². The van der Waals surface area contributed by atoms with Crippen LogP contribution in [0.5, 0.6) is 0 Å². The van der Waals surface area contributed by atoms with E-state index in [4.69, 9.17) is 63.1 Å². The number of carbonyl (C=O) groups excluding carboxylic acids is 1. The number of hydrogen-bond acceptors (Lipinski definition) is 2. The van der Waals surface area contributed by atoms with E-state index in [1.54, 1.807) is 0 Å². The monoisotopic (exact) mass is 434 g/mol. The van der Waals surface area contributed by atoms with E-state index in [1.807, 2.05) is 0 Å². The van der Waals surface area contributed by atoms with Crippen molar-refractivity contribution in [3.63, 3.8) is 0 Å². The van der Waals surface area contributed by atoms with Gasteiger partial charge in [0.15, 0.2) is 11.6 Å². The minimum atomic E-state index is -1.20. The number of carboxylic acid groups (broad SMARTS) is 1. The van der Waals surface area contributed by atoms with Gasteiger partial charge in [-0.3, -0.25) is 4.79 Å². The average molecular weight is 436 g/mol. The van der Waals surface area contributed by atoms with Crippen LogP contribution in [0.25, 0.3) is 0 Å². The third-order valence-electron chi connectivity index (χ3n) is 2.44. The summed E-state index contributed by atoms with van der Waals surface area (Å²) >= 11 is 26.6. The summed E-state index contributed by atoms with van der Waals surface area (Å²) in [5.74, 6) is -2.75. The Balaban J connectivity index is 0.000000240. The van der Waals surface area contributed by atoms with Crippen molar-refractivity contribution in [3.8, 4) is 0 Å². The van der Waals surface area contributed by atoms with E-state index in [-0.39, 0.29) is 31.2 Å². The predicted octanol–water partition coefficient (Wildman–Crippen LogP) is 6.34. The molecule has 0 heterocycles. The highest BCUT2D eigenvalue weighted by molar-refractivity contribution is 6.68. The minimum Gasteiger partial charge on any atom is -0.478 e. The smallest absolute Gasteiger partial charge is 0.335 e. The summed E-state index contributed by atoms with van der Waals surface area (Å²) in [5, 5.41) is 6.75. The summed E-state index contributed by atoms with van der Waals surface area (Å²) in [6.07, 6.45) is 0. The molecule has 128 valence electrons. The van der Waals surface area contributed by atoms with Gasteiger partial charge >= 0.3 is 5.97 Å². The summed E-state index contributed by atoms with van der Waals surface area (Å²) < 4.78 is 25.5. The maximum atomic E-state index is 12.8. The molecule has 0 aromatic heterocycles. The number of carboxylic acids is 1. The van der Waals surface area contributed by atoms with Crippen molar-refractivity contribution >= 4 is 69.2 Å². The Labute approximate surface area is 159 Å². The van der Waals surface area contributed by atoms with Gasteiger partial charge in [0.1, 0.15) is 0 Å². The van der Waals surface area contributed by atoms with Crippen molar-refractivity contribution in [2.45, 2.75) is 0 Å². The molecule has 0 saturated heterocycles. The number of aromatic carboxylic acids is 1. The van der Waals surface area contributed by atoms with E-state index in [2.05, 4.69) is 0 Å². The van der Waals surface area contributed by atoms with Crippen LogP contribution in [-0.4, -0.2) is 16.3 Å². The van der Waals surface area contributed by atoms with Gasteiger partial charge in [-0.1, -0.05) is 46.4 Å². The molecule has 0 saturated carbocycles. The van der Waals surface area contributed by atoms with Gasteiger partial charge in [0.2, 0.25) is 0 Å². The lowest BCUT2D eigenvalue weighted by Crippen LogP contribution is -1.96. The third-order valence-corrected chi connectivity index (χ3v) is 3.76. The van der Waals surface area contributed by atoms with Crippen LogP contribution in [0.2, 0.25) is 20.1 Å². The fourth-order valence-electron chi connectivity index (χ4n) is 1.35. The SMILES string of the molecule is O=C(Cl)c1cc(Cl)c(F)c(Cl)c1.O=C(O)c1cc(Cl)c(F)c(Cl)c1. The molecule has 0 aliphatic heterocycles. The van der Waals surface area contributed by atoms with Gasteiger partial charge in [-0.25, -0.2) is 13.6 Å². The zero-order chi connectivity index (χ0) is 18.6. The topological polar surface area (TPSA) is 54.4 Å². The van der Waals surface area contributed by atoms with Gasteiger partial charge in [-0.15, -0.1) is 0 Å². The second-order valence-corrected chi connectivity index (χ2v) is 6.06. The first-order valence-electron chi connectivity index (χ1n) is 5.76. The van der Waals surface area contributed by atoms with E-state index in [0.29, 0.717) is 0 Å². The summed E-state index contributed by atoms with van der Waals surface area (Å²) in [5.41, 5.74) is -0.0560. The molecule has 1 N–H and O–H groups in total. The molecule has 0 atom stereocenters. The molecule has 0 aliphatic carbocycles. The summed E-state index contributed by atoms with van der Waals surface area (Å²) in [6.45, 7) is 0. The Morgan fingerprint density at radius 3 is 1.29 bits per heavy atom. The highest BCUT2D eigenvalue weighted by Crippen LogP contribution is 2.25. The normalized spacial score (nSPS) is 9.96. The minimum absolute atomic E-state index is 0.0769. The molecule has 3 nitrogen and oxygen atoms in total. The van der Waals surface area contributed by atoms with Gasteiger partial charge in [0.25, 0.3) is 5.24 Å². The van der Waals surface area contributed by atoms with Gasteiger partial charge in [0, 0.05) is 5.56 Å². The van der Waals surface area contributed by atoms with Crippen molar-refractivity contribution in [3.05, 3.63) is 67.1 Å². The Morgan fingerprint density at radius 2 is 1.04 bits per heavy atom. The van der Waals surface area contributed by atoms with Crippen molar-refractivity contribution < 1.29 is 23.5 Å². The predicted molar refractivity (Wildman–Crippen MR) is 90.0 cm³/mol. The molecular formula is C14H5Cl5F2O3. The largest absolute Gasteiger partial charge is 0.478 e. The lowest BCUT2D eigenvalue weighted by molar-refractivity contribution is 0.0696. The van der Waals surface area contributed by atoms with Crippen LogP contribution < -0.4 is 0 Å². The lowest BCUT2D eigenvalue weighted by Gasteiger charge is -1.99. The van der Waals surface area contributed by atoms with Gasteiger partial charge in [0.05, 0.1) is 25.7 Å². The summed E-state index contributed by atoms with van der Waals surface area (Å²) in [4.78, 5) is 21.0. The first-order chi connectivity index (χ1) is 11.0. The Bertz CT molecular complexity index is 697. The van der Waals surface area contributed by atoms with Crippen LogP contribution in [0.4, 0.5) is 8.78 Å². The molecule has 24 heavy (non-hydrogen) atoms. The van der Waals surface area contributed by atoms with Crippen LogP contribution in [0.1, 0.15) is 20.7 Å².